The van der Waals surface area contributed by atoms with E-state index in [1.807, 2.05) is 4.83 Å². The van der Waals surface area contributed by atoms with Gasteiger partial charge in [-0.15, -0.1) is 16.2 Å². The second-order valence-corrected chi connectivity index (χ2v) is 6.45. The van der Waals surface area contributed by atoms with Crippen LogP contribution < -0.4 is 10.3 Å². The normalized spacial score (nSPS) is 12.3. The lowest BCUT2D eigenvalue weighted by molar-refractivity contribution is -0.137. The van der Waals surface area contributed by atoms with Gasteiger partial charge in [-0.05, 0) is 23.6 Å². The van der Waals surface area contributed by atoms with Crippen molar-refractivity contribution in [3.8, 4) is 0 Å². The number of aromatic nitrogens is 1. The molecule has 0 amide bonds. The monoisotopic (exact) mass is 323 g/mol. The van der Waals surface area contributed by atoms with Gasteiger partial charge in [-0.1, -0.05) is 6.07 Å². The average Bonchev–Trinajstić information content (AvgIpc) is 2.90. The highest BCUT2D eigenvalue weighted by molar-refractivity contribution is 7.91. The van der Waals surface area contributed by atoms with Crippen LogP contribution in [0.15, 0.2) is 40.1 Å². The smallest absolute Gasteiger partial charge is 0.292 e. The van der Waals surface area contributed by atoms with E-state index < -0.39 is 21.8 Å². The van der Waals surface area contributed by atoms with Gasteiger partial charge in [0.25, 0.3) is 10.0 Å². The van der Waals surface area contributed by atoms with Gasteiger partial charge in [-0.3, -0.25) is 5.43 Å². The number of halogens is 3. The highest BCUT2D eigenvalue weighted by atomic mass is 32.2. The largest absolute Gasteiger partial charge is 0.417 e. The molecule has 5 nitrogen and oxygen atoms in total. The Morgan fingerprint density at radius 2 is 1.95 bits per heavy atom. The van der Waals surface area contributed by atoms with Crippen molar-refractivity contribution < 1.29 is 21.6 Å². The van der Waals surface area contributed by atoms with Crippen molar-refractivity contribution in [1.29, 1.82) is 0 Å². The molecule has 0 bridgehead atoms. The Hall–Kier alpha value is -1.65. The van der Waals surface area contributed by atoms with Crippen LogP contribution in [0.2, 0.25) is 0 Å². The van der Waals surface area contributed by atoms with Crippen LogP contribution in [0.1, 0.15) is 5.56 Å². The Bertz CT molecular complexity index is 667. The third kappa shape index (κ3) is 3.46. The van der Waals surface area contributed by atoms with Gasteiger partial charge in [0.15, 0.2) is 0 Å². The highest BCUT2D eigenvalue weighted by Gasteiger charge is 2.30. The molecule has 20 heavy (non-hydrogen) atoms. The van der Waals surface area contributed by atoms with E-state index in [1.54, 1.807) is 11.4 Å². The summed E-state index contributed by atoms with van der Waals surface area (Å²) in [4.78, 5) is 5.50. The molecule has 2 aromatic rings. The lowest BCUT2D eigenvalue weighted by Gasteiger charge is -2.09. The molecule has 0 aliphatic carbocycles. The number of hydrogen-bond acceptors (Lipinski definition) is 5. The van der Waals surface area contributed by atoms with E-state index in [2.05, 4.69) is 10.4 Å². The molecule has 0 saturated heterocycles. The molecule has 10 heteroatoms. The number of pyridine rings is 1. The summed E-state index contributed by atoms with van der Waals surface area (Å²) in [6.07, 6.45) is -3.87. The quantitative estimate of drug-likeness (QED) is 0.848. The second-order valence-electron chi connectivity index (χ2n) is 3.59. The fraction of sp³-hybridized carbons (Fsp3) is 0.100. The summed E-state index contributed by atoms with van der Waals surface area (Å²) >= 11 is 1.01. The van der Waals surface area contributed by atoms with Crippen LogP contribution in [-0.2, 0) is 16.2 Å². The summed E-state index contributed by atoms with van der Waals surface area (Å²) in [6, 6.07) is 4.79. The maximum absolute atomic E-state index is 12.3. The molecule has 0 radical (unpaired) electrons. The standard InChI is InChI=1S/C10H8F3N3O2S2/c11-10(12,13)7-3-4-8(14-6-7)15-16-20(17,18)9-2-1-5-19-9/h1-6,16H,(H,14,15). The summed E-state index contributed by atoms with van der Waals surface area (Å²) in [5, 5.41) is 1.59. The fourth-order valence-electron chi connectivity index (χ4n) is 1.22. The minimum Gasteiger partial charge on any atom is -0.292 e. The Balaban J connectivity index is 2.05. The zero-order valence-corrected chi connectivity index (χ0v) is 11.3. The summed E-state index contributed by atoms with van der Waals surface area (Å²) in [7, 11) is -3.76. The lowest BCUT2D eigenvalue weighted by atomic mass is 10.3. The van der Waals surface area contributed by atoms with Gasteiger partial charge in [-0.2, -0.15) is 13.2 Å². The van der Waals surface area contributed by atoms with Crippen LogP contribution in [0, 0.1) is 0 Å². The van der Waals surface area contributed by atoms with E-state index in [9.17, 15) is 21.6 Å². The average molecular weight is 323 g/mol. The first kappa shape index (κ1) is 14.8. The first-order chi connectivity index (χ1) is 9.29. The van der Waals surface area contributed by atoms with Gasteiger partial charge >= 0.3 is 6.18 Å². The molecule has 0 unspecified atom stereocenters. The third-order valence-electron chi connectivity index (χ3n) is 2.16. The predicted molar refractivity (Wildman–Crippen MR) is 67.5 cm³/mol. The summed E-state index contributed by atoms with van der Waals surface area (Å²) in [5.74, 6) is -0.0434. The molecule has 2 N–H and O–H groups in total. The van der Waals surface area contributed by atoms with E-state index in [4.69, 9.17) is 0 Å². The zero-order valence-electron chi connectivity index (χ0n) is 9.68. The first-order valence-corrected chi connectivity index (χ1v) is 7.50. The van der Waals surface area contributed by atoms with Crippen molar-refractivity contribution in [1.82, 2.24) is 9.82 Å². The van der Waals surface area contributed by atoms with Gasteiger partial charge in [0.2, 0.25) is 0 Å². The number of hydrazine groups is 1. The minimum absolute atomic E-state index is 0.0434. The van der Waals surface area contributed by atoms with Crippen LogP contribution in [0.5, 0.6) is 0 Å². The van der Waals surface area contributed by atoms with Crippen molar-refractivity contribution in [2.24, 2.45) is 0 Å². The fourth-order valence-corrected chi connectivity index (χ4v) is 3.07. The number of anilines is 1. The molecular weight excluding hydrogens is 315 g/mol. The van der Waals surface area contributed by atoms with Crippen LogP contribution in [0.3, 0.4) is 0 Å². The van der Waals surface area contributed by atoms with Gasteiger partial charge < -0.3 is 0 Å². The molecular formula is C10H8F3N3O2S2. The van der Waals surface area contributed by atoms with Crippen LogP contribution in [0.25, 0.3) is 0 Å². The van der Waals surface area contributed by atoms with E-state index in [1.165, 1.54) is 6.07 Å². The molecule has 0 aliphatic rings. The molecule has 0 saturated carbocycles. The topological polar surface area (TPSA) is 71.1 Å². The predicted octanol–water partition coefficient (Wildman–Crippen LogP) is 2.47. The maximum Gasteiger partial charge on any atom is 0.417 e. The number of nitrogens with one attached hydrogen (secondary N) is 2. The SMILES string of the molecule is O=S(=O)(NNc1ccc(C(F)(F)F)cn1)c1cccs1. The molecule has 2 aromatic heterocycles. The molecule has 0 aliphatic heterocycles. The van der Waals surface area contributed by atoms with E-state index in [-0.39, 0.29) is 10.0 Å². The molecule has 2 heterocycles. The van der Waals surface area contributed by atoms with Crippen molar-refractivity contribution in [3.63, 3.8) is 0 Å². The van der Waals surface area contributed by atoms with Crippen molar-refractivity contribution in [2.45, 2.75) is 10.4 Å². The second kappa shape index (κ2) is 5.38. The zero-order chi connectivity index (χ0) is 14.8. The van der Waals surface area contributed by atoms with Crippen LogP contribution in [0.4, 0.5) is 19.0 Å². The Morgan fingerprint density at radius 3 is 2.45 bits per heavy atom. The highest BCUT2D eigenvalue weighted by Crippen LogP contribution is 2.28. The van der Waals surface area contributed by atoms with Crippen molar-refractivity contribution >= 4 is 27.2 Å². The molecule has 2 rings (SSSR count). The van der Waals surface area contributed by atoms with Crippen molar-refractivity contribution in [3.05, 3.63) is 41.4 Å². The number of sulfonamides is 1. The summed E-state index contributed by atoms with van der Waals surface area (Å²) in [6.45, 7) is 0. The van der Waals surface area contributed by atoms with Crippen LogP contribution in [-0.4, -0.2) is 13.4 Å². The number of rotatable bonds is 4. The van der Waals surface area contributed by atoms with Gasteiger partial charge in [0.05, 0.1) is 5.56 Å². The molecule has 0 atom stereocenters. The Kier molecular flexibility index (Phi) is 3.97. The van der Waals surface area contributed by atoms with E-state index >= 15 is 0 Å². The third-order valence-corrected chi connectivity index (χ3v) is 4.81. The number of alkyl halides is 3. The number of nitrogens with zero attached hydrogens (tertiary/aromatic N) is 1. The Labute approximate surface area is 116 Å². The van der Waals surface area contributed by atoms with E-state index in [0.717, 1.165) is 23.5 Å². The lowest BCUT2D eigenvalue weighted by Crippen LogP contribution is -2.29. The van der Waals surface area contributed by atoms with Gasteiger partial charge in [-0.25, -0.2) is 13.4 Å². The van der Waals surface area contributed by atoms with Crippen LogP contribution >= 0.6 is 11.3 Å². The molecule has 108 valence electrons. The number of hydrogen-bond donors (Lipinski definition) is 2. The maximum atomic E-state index is 12.3. The van der Waals surface area contributed by atoms with Gasteiger partial charge in [0, 0.05) is 6.20 Å². The Morgan fingerprint density at radius 1 is 1.20 bits per heavy atom. The molecule has 0 aromatic carbocycles. The number of thiophene rings is 1. The minimum atomic E-state index is -4.48. The molecule has 0 fully saturated rings. The first-order valence-electron chi connectivity index (χ1n) is 5.13. The molecule has 0 spiro atoms. The van der Waals surface area contributed by atoms with Gasteiger partial charge in [0.1, 0.15) is 10.0 Å². The van der Waals surface area contributed by atoms with Crippen molar-refractivity contribution in [2.75, 3.05) is 5.43 Å². The summed E-state index contributed by atoms with van der Waals surface area (Å²) < 4.78 is 60.5. The van der Waals surface area contributed by atoms with E-state index in [0.29, 0.717) is 6.20 Å². The summed E-state index contributed by atoms with van der Waals surface area (Å²) in [5.41, 5.74) is 1.33.